The van der Waals surface area contributed by atoms with Crippen LogP contribution in [-0.2, 0) is 0 Å². The number of anilines is 2. The smallest absolute Gasteiger partial charge is 0.0553 e. The normalized spacial score (nSPS) is 17.9. The van der Waals surface area contributed by atoms with Crippen molar-refractivity contribution >= 4 is 23.1 Å². The van der Waals surface area contributed by atoms with Crippen LogP contribution in [0.15, 0.2) is 58.3 Å². The van der Waals surface area contributed by atoms with E-state index in [1.54, 1.807) is 0 Å². The number of para-hydroxylation sites is 2. The predicted octanol–water partition coefficient (Wildman–Crippen LogP) is 4.78. The van der Waals surface area contributed by atoms with E-state index in [1.165, 1.54) is 53.5 Å². The summed E-state index contributed by atoms with van der Waals surface area (Å²) >= 11 is 1.89. The molecule has 0 spiro atoms. The predicted molar refractivity (Wildman–Crippen MR) is 94.3 cm³/mol. The first kappa shape index (κ1) is 14.2. The summed E-state index contributed by atoms with van der Waals surface area (Å²) in [6, 6.07) is 17.6. The van der Waals surface area contributed by atoms with Crippen molar-refractivity contribution in [2.24, 2.45) is 0 Å². The van der Waals surface area contributed by atoms with E-state index in [9.17, 15) is 0 Å². The fourth-order valence-corrected chi connectivity index (χ4v) is 4.54. The van der Waals surface area contributed by atoms with Gasteiger partial charge in [0.05, 0.1) is 11.4 Å². The van der Waals surface area contributed by atoms with Gasteiger partial charge in [-0.1, -0.05) is 42.4 Å². The van der Waals surface area contributed by atoms with E-state index in [-0.39, 0.29) is 0 Å². The molecule has 1 saturated heterocycles. The van der Waals surface area contributed by atoms with Gasteiger partial charge in [0.1, 0.15) is 0 Å². The van der Waals surface area contributed by atoms with Crippen molar-refractivity contribution in [3.05, 3.63) is 48.5 Å². The Morgan fingerprint density at radius 2 is 1.32 bits per heavy atom. The maximum absolute atomic E-state index is 2.62. The lowest BCUT2D eigenvalue weighted by Gasteiger charge is -2.35. The molecule has 0 amide bonds. The van der Waals surface area contributed by atoms with Crippen LogP contribution >= 0.6 is 11.8 Å². The largest absolute Gasteiger partial charge is 0.338 e. The summed E-state index contributed by atoms with van der Waals surface area (Å²) in [6.07, 6.45) is 4.13. The molecule has 2 aromatic carbocycles. The molecule has 0 aromatic heterocycles. The van der Waals surface area contributed by atoms with Crippen molar-refractivity contribution in [1.29, 1.82) is 0 Å². The Morgan fingerprint density at radius 3 is 1.95 bits per heavy atom. The molecule has 2 aromatic rings. The van der Waals surface area contributed by atoms with E-state index in [0.717, 1.165) is 13.1 Å². The van der Waals surface area contributed by atoms with Crippen LogP contribution in [0, 0.1) is 0 Å². The first-order valence-electron chi connectivity index (χ1n) is 8.28. The maximum Gasteiger partial charge on any atom is 0.0553 e. The Bertz CT molecular complexity index is 604. The Kier molecular flexibility index (Phi) is 4.09. The molecule has 1 fully saturated rings. The zero-order valence-electron chi connectivity index (χ0n) is 12.9. The van der Waals surface area contributed by atoms with Gasteiger partial charge < -0.3 is 9.80 Å². The van der Waals surface area contributed by atoms with Crippen LogP contribution < -0.4 is 4.90 Å². The van der Waals surface area contributed by atoms with Crippen LogP contribution in [0.25, 0.3) is 0 Å². The van der Waals surface area contributed by atoms with E-state index < -0.39 is 0 Å². The van der Waals surface area contributed by atoms with Gasteiger partial charge in [-0.2, -0.15) is 0 Å². The third kappa shape index (κ3) is 2.75. The quantitative estimate of drug-likeness (QED) is 0.806. The Labute approximate surface area is 137 Å². The molecule has 0 N–H and O–H groups in total. The van der Waals surface area contributed by atoms with E-state index >= 15 is 0 Å². The molecule has 4 rings (SSSR count). The van der Waals surface area contributed by atoms with Crippen LogP contribution in [-0.4, -0.2) is 31.1 Å². The Hall–Kier alpha value is -1.45. The van der Waals surface area contributed by atoms with Crippen molar-refractivity contribution in [1.82, 2.24) is 4.90 Å². The number of fused-ring (bicyclic) bond motifs is 2. The molecule has 114 valence electrons. The zero-order chi connectivity index (χ0) is 14.8. The highest BCUT2D eigenvalue weighted by atomic mass is 32.2. The molecule has 2 aliphatic rings. The average molecular weight is 310 g/mol. The second-order valence-electron chi connectivity index (χ2n) is 6.09. The summed E-state index contributed by atoms with van der Waals surface area (Å²) < 4.78 is 0. The number of hydrogen-bond donors (Lipinski definition) is 0. The molecule has 2 heterocycles. The first-order valence-corrected chi connectivity index (χ1v) is 9.09. The van der Waals surface area contributed by atoms with Crippen molar-refractivity contribution < 1.29 is 0 Å². The summed E-state index contributed by atoms with van der Waals surface area (Å²) in [4.78, 5) is 7.88. The molecule has 0 radical (unpaired) electrons. The van der Waals surface area contributed by atoms with E-state index in [2.05, 4.69) is 58.3 Å². The Balaban J connectivity index is 1.60. The summed E-state index contributed by atoms with van der Waals surface area (Å²) in [5.41, 5.74) is 2.73. The van der Waals surface area contributed by atoms with Crippen LogP contribution in [0.1, 0.15) is 19.3 Å². The highest BCUT2D eigenvalue weighted by Gasteiger charge is 2.23. The van der Waals surface area contributed by atoms with Gasteiger partial charge in [-0.15, -0.1) is 0 Å². The number of benzene rings is 2. The van der Waals surface area contributed by atoms with Crippen molar-refractivity contribution in [2.75, 3.05) is 31.1 Å². The number of likely N-dealkylation sites (tertiary alicyclic amines) is 1. The van der Waals surface area contributed by atoms with Crippen LogP contribution in [0.3, 0.4) is 0 Å². The molecule has 0 bridgehead atoms. The van der Waals surface area contributed by atoms with Gasteiger partial charge >= 0.3 is 0 Å². The minimum atomic E-state index is 1.08. The minimum Gasteiger partial charge on any atom is -0.338 e. The molecule has 2 aliphatic heterocycles. The van der Waals surface area contributed by atoms with Crippen molar-refractivity contribution in [2.45, 2.75) is 29.1 Å². The van der Waals surface area contributed by atoms with E-state index in [4.69, 9.17) is 0 Å². The van der Waals surface area contributed by atoms with Gasteiger partial charge in [0.2, 0.25) is 0 Å². The molecule has 0 atom stereocenters. The summed E-state index contributed by atoms with van der Waals surface area (Å²) in [6.45, 7) is 4.78. The molecule has 3 heteroatoms. The van der Waals surface area contributed by atoms with Gasteiger partial charge in [0, 0.05) is 22.9 Å². The molecule has 2 nitrogen and oxygen atoms in total. The standard InChI is InChI=1S/C19H22N2S/c1-6-12-20(13-7-1)14-15-21-16-8-2-4-10-18(16)22-19-11-5-3-9-17(19)21/h2-5,8-11H,1,6-7,12-15H2. The molecule has 0 aliphatic carbocycles. The third-order valence-electron chi connectivity index (χ3n) is 4.62. The topological polar surface area (TPSA) is 6.48 Å². The van der Waals surface area contributed by atoms with Gasteiger partial charge in [0.25, 0.3) is 0 Å². The highest BCUT2D eigenvalue weighted by Crippen LogP contribution is 2.47. The molecule has 22 heavy (non-hydrogen) atoms. The number of hydrogen-bond acceptors (Lipinski definition) is 3. The fourth-order valence-electron chi connectivity index (χ4n) is 3.45. The lowest BCUT2D eigenvalue weighted by atomic mass is 10.1. The lowest BCUT2D eigenvalue weighted by molar-refractivity contribution is 0.234. The Morgan fingerprint density at radius 1 is 0.727 bits per heavy atom. The van der Waals surface area contributed by atoms with Crippen molar-refractivity contribution in [3.63, 3.8) is 0 Å². The van der Waals surface area contributed by atoms with E-state index in [1.807, 2.05) is 11.8 Å². The number of nitrogens with zero attached hydrogens (tertiary/aromatic N) is 2. The van der Waals surface area contributed by atoms with E-state index in [0.29, 0.717) is 0 Å². The van der Waals surface area contributed by atoms with Crippen LogP contribution in [0.5, 0.6) is 0 Å². The number of rotatable bonds is 3. The molecule has 0 unspecified atom stereocenters. The number of piperidine rings is 1. The second-order valence-corrected chi connectivity index (χ2v) is 7.18. The average Bonchev–Trinajstić information content (AvgIpc) is 2.59. The van der Waals surface area contributed by atoms with Gasteiger partial charge in [0.15, 0.2) is 0 Å². The monoisotopic (exact) mass is 310 g/mol. The molecular weight excluding hydrogens is 288 g/mol. The first-order chi connectivity index (χ1) is 10.9. The van der Waals surface area contributed by atoms with Crippen LogP contribution in [0.4, 0.5) is 11.4 Å². The molecule has 0 saturated carbocycles. The summed E-state index contributed by atoms with van der Waals surface area (Å²) in [5, 5.41) is 0. The van der Waals surface area contributed by atoms with Gasteiger partial charge in [-0.05, 0) is 50.2 Å². The molecular formula is C19H22N2S. The lowest BCUT2D eigenvalue weighted by Crippen LogP contribution is -2.37. The van der Waals surface area contributed by atoms with Gasteiger partial charge in [-0.25, -0.2) is 0 Å². The fraction of sp³-hybridized carbons (Fsp3) is 0.368. The van der Waals surface area contributed by atoms with Crippen molar-refractivity contribution in [3.8, 4) is 0 Å². The maximum atomic E-state index is 2.62. The minimum absolute atomic E-state index is 1.08. The summed E-state index contributed by atoms with van der Waals surface area (Å²) in [7, 11) is 0. The summed E-state index contributed by atoms with van der Waals surface area (Å²) in [5.74, 6) is 0. The highest BCUT2D eigenvalue weighted by molar-refractivity contribution is 7.99. The zero-order valence-corrected chi connectivity index (χ0v) is 13.7. The second kappa shape index (κ2) is 6.35. The van der Waals surface area contributed by atoms with Crippen LogP contribution in [0.2, 0.25) is 0 Å². The van der Waals surface area contributed by atoms with Gasteiger partial charge in [-0.3, -0.25) is 0 Å². The third-order valence-corrected chi connectivity index (χ3v) is 5.75. The SMILES string of the molecule is c1ccc2c(c1)Sc1ccccc1N2CCN1CCCCC1.